The number of alkyl halides is 3. The molecule has 17 heavy (non-hydrogen) atoms. The smallest absolute Gasteiger partial charge is 0.394 e. The normalized spacial score (nSPS) is 20.9. The molecule has 1 aromatic rings. The van der Waals surface area contributed by atoms with E-state index in [2.05, 4.69) is 4.98 Å². The SMILES string of the molecule is OC[C@@H]1CCCN1c1cc(C(F)(F)F)ccn1. The van der Waals surface area contributed by atoms with Gasteiger partial charge in [-0.2, -0.15) is 13.2 Å². The lowest BCUT2D eigenvalue weighted by Gasteiger charge is -2.24. The molecule has 1 aromatic heterocycles. The Kier molecular flexibility index (Phi) is 3.24. The molecule has 0 spiro atoms. The quantitative estimate of drug-likeness (QED) is 0.867. The van der Waals surface area contributed by atoms with Crippen LogP contribution in [0.3, 0.4) is 0 Å². The zero-order valence-electron chi connectivity index (χ0n) is 9.11. The summed E-state index contributed by atoms with van der Waals surface area (Å²) in [4.78, 5) is 5.68. The molecule has 3 nitrogen and oxygen atoms in total. The van der Waals surface area contributed by atoms with Crippen LogP contribution < -0.4 is 4.90 Å². The molecule has 1 saturated heterocycles. The van der Waals surface area contributed by atoms with Gasteiger partial charge in [0, 0.05) is 12.7 Å². The molecule has 1 N–H and O–H groups in total. The van der Waals surface area contributed by atoms with Gasteiger partial charge in [0.2, 0.25) is 0 Å². The second-order valence-corrected chi connectivity index (χ2v) is 4.07. The van der Waals surface area contributed by atoms with Gasteiger partial charge in [-0.15, -0.1) is 0 Å². The molecule has 0 bridgehead atoms. The van der Waals surface area contributed by atoms with Crippen molar-refractivity contribution in [3.05, 3.63) is 23.9 Å². The maximum absolute atomic E-state index is 12.5. The third kappa shape index (κ3) is 2.52. The van der Waals surface area contributed by atoms with Crippen LogP contribution in [0, 0.1) is 0 Å². The molecule has 2 heterocycles. The summed E-state index contributed by atoms with van der Waals surface area (Å²) in [5.41, 5.74) is -0.703. The van der Waals surface area contributed by atoms with Gasteiger partial charge < -0.3 is 10.0 Å². The molecule has 0 radical (unpaired) electrons. The molecule has 6 heteroatoms. The van der Waals surface area contributed by atoms with Crippen molar-refractivity contribution in [2.45, 2.75) is 25.1 Å². The van der Waals surface area contributed by atoms with Crippen LogP contribution in [-0.4, -0.2) is 29.3 Å². The number of hydrogen-bond donors (Lipinski definition) is 1. The first-order chi connectivity index (χ1) is 8.02. The average Bonchev–Trinajstić information content (AvgIpc) is 2.76. The summed E-state index contributed by atoms with van der Waals surface area (Å²) < 4.78 is 37.6. The number of aliphatic hydroxyl groups is 1. The number of aliphatic hydroxyl groups excluding tert-OH is 1. The highest BCUT2D eigenvalue weighted by Crippen LogP contribution is 2.32. The molecule has 94 valence electrons. The Morgan fingerprint density at radius 2 is 2.24 bits per heavy atom. The number of pyridine rings is 1. The Balaban J connectivity index is 2.27. The van der Waals surface area contributed by atoms with Gasteiger partial charge in [-0.25, -0.2) is 4.98 Å². The van der Waals surface area contributed by atoms with Gasteiger partial charge in [-0.3, -0.25) is 0 Å². The molecule has 0 aliphatic carbocycles. The van der Waals surface area contributed by atoms with Crippen LogP contribution in [0.15, 0.2) is 18.3 Å². The first-order valence-corrected chi connectivity index (χ1v) is 5.43. The molecule has 1 aliphatic rings. The highest BCUT2D eigenvalue weighted by molar-refractivity contribution is 5.44. The van der Waals surface area contributed by atoms with Crippen molar-refractivity contribution in [2.24, 2.45) is 0 Å². The lowest BCUT2D eigenvalue weighted by molar-refractivity contribution is -0.137. The highest BCUT2D eigenvalue weighted by Gasteiger charge is 2.32. The number of nitrogens with zero attached hydrogens (tertiary/aromatic N) is 2. The van der Waals surface area contributed by atoms with Crippen LogP contribution in [-0.2, 0) is 6.18 Å². The number of rotatable bonds is 2. The lowest BCUT2D eigenvalue weighted by Crippen LogP contribution is -2.32. The van der Waals surface area contributed by atoms with Crippen molar-refractivity contribution in [2.75, 3.05) is 18.1 Å². The van der Waals surface area contributed by atoms with Crippen molar-refractivity contribution in [1.29, 1.82) is 0 Å². The van der Waals surface area contributed by atoms with Crippen molar-refractivity contribution in [3.8, 4) is 0 Å². The zero-order valence-corrected chi connectivity index (χ0v) is 9.11. The molecule has 1 atom stereocenters. The van der Waals surface area contributed by atoms with E-state index in [0.717, 1.165) is 31.2 Å². The van der Waals surface area contributed by atoms with Crippen LogP contribution in [0.4, 0.5) is 19.0 Å². The number of aromatic nitrogens is 1. The fourth-order valence-electron chi connectivity index (χ4n) is 2.08. The Morgan fingerprint density at radius 1 is 1.47 bits per heavy atom. The maximum atomic E-state index is 12.5. The predicted octanol–water partition coefficient (Wildman–Crippen LogP) is 2.06. The van der Waals surface area contributed by atoms with Crippen LogP contribution in [0.5, 0.6) is 0 Å². The molecule has 0 amide bonds. The van der Waals surface area contributed by atoms with E-state index >= 15 is 0 Å². The minimum absolute atomic E-state index is 0.0576. The third-order valence-corrected chi connectivity index (χ3v) is 2.95. The summed E-state index contributed by atoms with van der Waals surface area (Å²) in [7, 11) is 0. The maximum Gasteiger partial charge on any atom is 0.416 e. The van der Waals surface area contributed by atoms with E-state index in [1.54, 1.807) is 4.90 Å². The number of hydrogen-bond acceptors (Lipinski definition) is 3. The van der Waals surface area contributed by atoms with E-state index < -0.39 is 11.7 Å². The van der Waals surface area contributed by atoms with E-state index in [-0.39, 0.29) is 18.5 Å². The predicted molar refractivity (Wildman–Crippen MR) is 56.7 cm³/mol. The first kappa shape index (κ1) is 12.2. The molecule has 0 aromatic carbocycles. The Hall–Kier alpha value is -1.30. The standard InChI is InChI=1S/C11H13F3N2O/c12-11(13,14)8-3-4-15-10(6-8)16-5-1-2-9(16)7-17/h3-4,6,9,17H,1-2,5,7H2/t9-/m0/s1. The van der Waals surface area contributed by atoms with Crippen LogP contribution in [0.1, 0.15) is 18.4 Å². The van der Waals surface area contributed by atoms with E-state index in [0.29, 0.717) is 6.54 Å². The van der Waals surface area contributed by atoms with Crippen molar-refractivity contribution >= 4 is 5.82 Å². The van der Waals surface area contributed by atoms with Gasteiger partial charge >= 0.3 is 6.18 Å². The van der Waals surface area contributed by atoms with Crippen molar-refractivity contribution in [3.63, 3.8) is 0 Å². The summed E-state index contributed by atoms with van der Waals surface area (Å²) in [5, 5.41) is 9.14. The van der Waals surface area contributed by atoms with Gasteiger partial charge in [0.15, 0.2) is 0 Å². The summed E-state index contributed by atoms with van der Waals surface area (Å²) in [5.74, 6) is 0.288. The summed E-state index contributed by atoms with van der Waals surface area (Å²) in [6, 6.07) is 1.87. The second-order valence-electron chi connectivity index (χ2n) is 4.07. The van der Waals surface area contributed by atoms with Gasteiger partial charge in [-0.1, -0.05) is 0 Å². The molecule has 2 rings (SSSR count). The van der Waals surface area contributed by atoms with Crippen molar-refractivity contribution in [1.82, 2.24) is 4.98 Å². The third-order valence-electron chi connectivity index (χ3n) is 2.95. The number of halogens is 3. The minimum atomic E-state index is -4.36. The van der Waals surface area contributed by atoms with Crippen LogP contribution in [0.2, 0.25) is 0 Å². The summed E-state index contributed by atoms with van der Waals surface area (Å²) in [6.45, 7) is 0.581. The highest BCUT2D eigenvalue weighted by atomic mass is 19.4. The topological polar surface area (TPSA) is 36.4 Å². The zero-order chi connectivity index (χ0) is 12.5. The summed E-state index contributed by atoms with van der Waals surface area (Å²) in [6.07, 6.45) is -1.55. The van der Waals surface area contributed by atoms with Gasteiger partial charge in [0.1, 0.15) is 5.82 Å². The first-order valence-electron chi connectivity index (χ1n) is 5.43. The fourth-order valence-corrected chi connectivity index (χ4v) is 2.08. The molecule has 1 aliphatic heterocycles. The van der Waals surface area contributed by atoms with Gasteiger partial charge in [0.05, 0.1) is 18.2 Å². The van der Waals surface area contributed by atoms with E-state index in [1.165, 1.54) is 0 Å². The Morgan fingerprint density at radius 3 is 2.88 bits per heavy atom. The van der Waals surface area contributed by atoms with E-state index in [9.17, 15) is 13.2 Å². The van der Waals surface area contributed by atoms with E-state index in [1.807, 2.05) is 0 Å². The minimum Gasteiger partial charge on any atom is -0.394 e. The lowest BCUT2D eigenvalue weighted by atomic mass is 10.2. The van der Waals surface area contributed by atoms with Gasteiger partial charge in [-0.05, 0) is 25.0 Å². The van der Waals surface area contributed by atoms with E-state index in [4.69, 9.17) is 5.11 Å². The van der Waals surface area contributed by atoms with Gasteiger partial charge in [0.25, 0.3) is 0 Å². The Labute approximate surface area is 96.9 Å². The van der Waals surface area contributed by atoms with Crippen molar-refractivity contribution < 1.29 is 18.3 Å². The monoisotopic (exact) mass is 246 g/mol. The average molecular weight is 246 g/mol. The molecular weight excluding hydrogens is 233 g/mol. The van der Waals surface area contributed by atoms with Crippen LogP contribution >= 0.6 is 0 Å². The largest absolute Gasteiger partial charge is 0.416 e. The summed E-state index contributed by atoms with van der Waals surface area (Å²) >= 11 is 0. The van der Waals surface area contributed by atoms with Crippen LogP contribution in [0.25, 0.3) is 0 Å². The number of anilines is 1. The Bertz CT molecular complexity index is 395. The molecule has 1 fully saturated rings. The molecule has 0 saturated carbocycles. The molecular formula is C11H13F3N2O. The fraction of sp³-hybridized carbons (Fsp3) is 0.545. The molecule has 0 unspecified atom stereocenters. The second kappa shape index (κ2) is 4.52.